The molecule has 0 saturated heterocycles. The van der Waals surface area contributed by atoms with Gasteiger partial charge in [0.15, 0.2) is 6.29 Å². The number of methoxy groups -OCH3 is 1. The molecule has 0 aliphatic carbocycles. The Morgan fingerprint density at radius 1 is 0.514 bits per heavy atom. The summed E-state index contributed by atoms with van der Waals surface area (Å²) < 4.78 is 253. The average Bonchev–Trinajstić information content (AvgIpc) is 2.63. The van der Waals surface area contributed by atoms with E-state index in [2.05, 4.69) is 4.74 Å². The van der Waals surface area contributed by atoms with Crippen LogP contribution < -0.4 is 0 Å². The van der Waals surface area contributed by atoms with Crippen molar-refractivity contribution in [3.05, 3.63) is 0 Å². The number of hydrogen-bond acceptors (Lipinski definition) is 3. The summed E-state index contributed by atoms with van der Waals surface area (Å²) in [6.07, 6.45) is -26.4. The molecule has 2 unspecified atom stereocenters. The largest absolute Gasteiger partial charge is 0.438 e. The molecule has 35 heavy (non-hydrogen) atoms. The molecule has 0 aliphatic rings. The van der Waals surface area contributed by atoms with E-state index in [1.54, 1.807) is 0 Å². The van der Waals surface area contributed by atoms with E-state index in [0.717, 1.165) is 0 Å². The average molecular weight is 574 g/mol. The van der Waals surface area contributed by atoms with Crippen molar-refractivity contribution in [2.24, 2.45) is 0 Å². The maximum absolute atomic E-state index is 13.6. The van der Waals surface area contributed by atoms with Crippen LogP contribution in [0.1, 0.15) is 6.42 Å². The zero-order valence-corrected chi connectivity index (χ0v) is 15.8. The van der Waals surface area contributed by atoms with E-state index in [9.17, 15) is 83.4 Å². The Morgan fingerprint density at radius 2 is 0.800 bits per heavy atom. The van der Waals surface area contributed by atoms with Gasteiger partial charge in [-0.25, -0.2) is 4.39 Å². The highest BCUT2D eigenvalue weighted by Crippen LogP contribution is 2.66. The second-order valence-corrected chi connectivity index (χ2v) is 6.63. The van der Waals surface area contributed by atoms with Gasteiger partial charge in [-0.1, -0.05) is 0 Å². The van der Waals surface area contributed by atoms with Crippen LogP contribution in [0.3, 0.4) is 0 Å². The smallest absolute Gasteiger partial charge is 0.388 e. The van der Waals surface area contributed by atoms with Crippen molar-refractivity contribution in [1.29, 1.82) is 0 Å². The predicted octanol–water partition coefficient (Wildman–Crippen LogP) is 5.35. The van der Waals surface area contributed by atoms with Gasteiger partial charge in [0.2, 0.25) is 0 Å². The molecule has 2 N–H and O–H groups in total. The molecule has 0 saturated carbocycles. The molecule has 0 rings (SSSR count). The number of ether oxygens (including phenoxy) is 1. The number of hydrogen-bond donors (Lipinski definition) is 2. The molecular weight excluding hydrogens is 565 g/mol. The SMILES string of the molecule is COC(O)C(O)CC(F)(F)C(F)(F)C(F)(F)C(F)(F)C(F)(F)C(F)(F)C(F)(C(F)(F)F)C(F)(F)F. The zero-order chi connectivity index (χ0) is 29.1. The summed E-state index contributed by atoms with van der Waals surface area (Å²) in [5.74, 6) is -50.9. The van der Waals surface area contributed by atoms with Crippen molar-refractivity contribution in [2.45, 2.75) is 72.4 Å². The zero-order valence-electron chi connectivity index (χ0n) is 15.8. The van der Waals surface area contributed by atoms with E-state index in [0.29, 0.717) is 7.11 Å². The van der Waals surface area contributed by atoms with E-state index in [4.69, 9.17) is 10.2 Å². The first-order valence-corrected chi connectivity index (χ1v) is 7.85. The molecule has 0 amide bonds. The second kappa shape index (κ2) is 8.84. The minimum absolute atomic E-state index is 0.333. The Kier molecular flexibility index (Phi) is 8.47. The van der Waals surface area contributed by atoms with Gasteiger partial charge < -0.3 is 14.9 Å². The number of rotatable bonds is 10. The Bertz CT molecular complexity index is 725. The molecule has 0 bridgehead atoms. The van der Waals surface area contributed by atoms with Crippen molar-refractivity contribution >= 4 is 0 Å². The molecular formula is C13H9F19O3. The van der Waals surface area contributed by atoms with Gasteiger partial charge in [-0.2, -0.15) is 79.0 Å². The van der Waals surface area contributed by atoms with Gasteiger partial charge in [0.25, 0.3) is 0 Å². The lowest BCUT2D eigenvalue weighted by molar-refractivity contribution is -0.472. The standard InChI is InChI=1S/C13H9F19O3/c1-35-4(34)3(33)2-5(14,15)7(17,18)9(21,22)11(25,26)10(23,24)8(19,20)6(16,12(27,28)29)13(30,31)32/h3-4,33-34H,2H2,1H3. The Hall–Kier alpha value is -1.45. The lowest BCUT2D eigenvalue weighted by atomic mass is 9.83. The summed E-state index contributed by atoms with van der Waals surface area (Å²) in [6.45, 7) is 0. The molecule has 0 heterocycles. The van der Waals surface area contributed by atoms with Gasteiger partial charge in [-0.15, -0.1) is 0 Å². The fourth-order valence-corrected chi connectivity index (χ4v) is 2.20. The molecule has 0 aromatic rings. The third kappa shape index (κ3) is 4.57. The van der Waals surface area contributed by atoms with Crippen LogP contribution in [0.2, 0.25) is 0 Å². The molecule has 0 aromatic carbocycles. The molecule has 0 fully saturated rings. The minimum Gasteiger partial charge on any atom is -0.388 e. The van der Waals surface area contributed by atoms with Gasteiger partial charge in [-0.3, -0.25) is 0 Å². The highest BCUT2D eigenvalue weighted by Gasteiger charge is 2.98. The van der Waals surface area contributed by atoms with Crippen LogP contribution in [0.15, 0.2) is 0 Å². The van der Waals surface area contributed by atoms with Crippen molar-refractivity contribution in [3.63, 3.8) is 0 Å². The summed E-state index contributed by atoms with van der Waals surface area (Å²) in [4.78, 5) is 0. The maximum Gasteiger partial charge on any atom is 0.438 e. The molecule has 0 aromatic heterocycles. The number of aliphatic hydroxyl groups excluding tert-OH is 2. The summed E-state index contributed by atoms with van der Waals surface area (Å²) in [5.41, 5.74) is -8.80. The number of alkyl halides is 19. The van der Waals surface area contributed by atoms with E-state index in [-0.39, 0.29) is 0 Å². The molecule has 2 atom stereocenters. The van der Waals surface area contributed by atoms with E-state index in [1.807, 2.05) is 0 Å². The highest BCUT2D eigenvalue weighted by molar-refractivity contribution is 5.19. The fourth-order valence-electron chi connectivity index (χ4n) is 2.20. The Morgan fingerprint density at radius 3 is 1.09 bits per heavy atom. The monoisotopic (exact) mass is 574 g/mol. The quantitative estimate of drug-likeness (QED) is 0.274. The van der Waals surface area contributed by atoms with Crippen LogP contribution in [0, 0.1) is 0 Å². The van der Waals surface area contributed by atoms with Gasteiger partial charge in [-0.05, 0) is 0 Å². The normalized spacial score (nSPS) is 18.0. The first kappa shape index (κ1) is 33.5. The van der Waals surface area contributed by atoms with Crippen molar-refractivity contribution in [3.8, 4) is 0 Å². The van der Waals surface area contributed by atoms with Crippen LogP contribution in [0.25, 0.3) is 0 Å². The summed E-state index contributed by atoms with van der Waals surface area (Å²) in [7, 11) is 0.333. The van der Waals surface area contributed by atoms with Gasteiger partial charge in [0, 0.05) is 13.5 Å². The lowest BCUT2D eigenvalue weighted by Crippen LogP contribution is -2.77. The first-order chi connectivity index (χ1) is 14.9. The predicted molar refractivity (Wildman–Crippen MR) is 69.3 cm³/mol. The molecule has 0 aliphatic heterocycles. The number of aliphatic hydroxyl groups is 2. The van der Waals surface area contributed by atoms with Crippen LogP contribution in [-0.2, 0) is 4.74 Å². The lowest BCUT2D eigenvalue weighted by Gasteiger charge is -2.45. The molecule has 3 nitrogen and oxygen atoms in total. The summed E-state index contributed by atoms with van der Waals surface area (Å²) in [5, 5.41) is 17.6. The van der Waals surface area contributed by atoms with Crippen LogP contribution in [0.5, 0.6) is 0 Å². The third-order valence-corrected chi connectivity index (χ3v) is 4.29. The van der Waals surface area contributed by atoms with E-state index < -0.39 is 72.4 Å². The highest BCUT2D eigenvalue weighted by atomic mass is 19.4. The minimum atomic E-state index is -9.10. The van der Waals surface area contributed by atoms with Crippen molar-refractivity contribution in [1.82, 2.24) is 0 Å². The number of halogens is 19. The van der Waals surface area contributed by atoms with Crippen LogP contribution >= 0.6 is 0 Å². The first-order valence-electron chi connectivity index (χ1n) is 7.85. The molecule has 22 heteroatoms. The Labute approximate surface area is 179 Å². The third-order valence-electron chi connectivity index (χ3n) is 4.29. The summed E-state index contributed by atoms with van der Waals surface area (Å²) in [6, 6.07) is 0. The fraction of sp³-hybridized carbons (Fsp3) is 1.00. The molecule has 0 radical (unpaired) electrons. The second-order valence-electron chi connectivity index (χ2n) is 6.63. The van der Waals surface area contributed by atoms with Crippen LogP contribution in [0.4, 0.5) is 83.4 Å². The topological polar surface area (TPSA) is 49.7 Å². The van der Waals surface area contributed by atoms with Gasteiger partial charge in [0.1, 0.15) is 6.10 Å². The van der Waals surface area contributed by atoms with Gasteiger partial charge >= 0.3 is 53.6 Å². The summed E-state index contributed by atoms with van der Waals surface area (Å²) >= 11 is 0. The van der Waals surface area contributed by atoms with Crippen LogP contribution in [-0.4, -0.2) is 83.3 Å². The van der Waals surface area contributed by atoms with Gasteiger partial charge in [0.05, 0.1) is 0 Å². The molecule has 212 valence electrons. The van der Waals surface area contributed by atoms with Crippen molar-refractivity contribution < 1.29 is 98.4 Å². The van der Waals surface area contributed by atoms with E-state index >= 15 is 0 Å². The van der Waals surface area contributed by atoms with Crippen molar-refractivity contribution in [2.75, 3.05) is 7.11 Å². The maximum atomic E-state index is 13.6. The molecule has 0 spiro atoms. The van der Waals surface area contributed by atoms with E-state index in [1.165, 1.54) is 0 Å². The Balaban J connectivity index is 6.95.